The number of amides is 1. The van der Waals surface area contributed by atoms with Crippen LogP contribution in [0.5, 0.6) is 0 Å². The standard InChI is InChI=1S/C12H9BrCl2N2O2/c13-7-4-8(14)10(15)6-3-5-1-2-9(16-12(18)19)17(5)11(6)7/h3-4,9,16H,1-2H2,(H,18,19). The van der Waals surface area contributed by atoms with Crippen LogP contribution in [-0.4, -0.2) is 15.8 Å². The Morgan fingerprint density at radius 1 is 1.47 bits per heavy atom. The molecule has 2 N–H and O–H groups in total. The Hall–Kier alpha value is -0.910. The summed E-state index contributed by atoms with van der Waals surface area (Å²) in [6, 6.07) is 3.70. The number of carboxylic acid groups (broad SMARTS) is 1. The SMILES string of the molecule is O=C(O)NC1CCc2cc3c(Cl)c(Cl)cc(Br)c3n21. The van der Waals surface area contributed by atoms with Gasteiger partial charge < -0.3 is 15.0 Å². The van der Waals surface area contributed by atoms with Crippen LogP contribution in [-0.2, 0) is 6.42 Å². The smallest absolute Gasteiger partial charge is 0.406 e. The van der Waals surface area contributed by atoms with Crippen molar-refractivity contribution in [2.24, 2.45) is 0 Å². The van der Waals surface area contributed by atoms with Crippen LogP contribution in [0.25, 0.3) is 10.9 Å². The summed E-state index contributed by atoms with van der Waals surface area (Å²) < 4.78 is 2.78. The van der Waals surface area contributed by atoms with Gasteiger partial charge >= 0.3 is 6.09 Å². The Morgan fingerprint density at radius 3 is 2.89 bits per heavy atom. The number of rotatable bonds is 1. The van der Waals surface area contributed by atoms with Gasteiger partial charge in [-0.05, 0) is 40.9 Å². The third-order valence-electron chi connectivity index (χ3n) is 3.32. The first-order chi connectivity index (χ1) is 8.99. The van der Waals surface area contributed by atoms with Gasteiger partial charge in [-0.25, -0.2) is 4.79 Å². The number of nitrogens with one attached hydrogen (secondary N) is 1. The summed E-state index contributed by atoms with van der Waals surface area (Å²) in [6.07, 6.45) is 0.249. The predicted octanol–water partition coefficient (Wildman–Crippen LogP) is 4.42. The lowest BCUT2D eigenvalue weighted by molar-refractivity contribution is 0.185. The number of halogens is 3. The van der Waals surface area contributed by atoms with E-state index in [9.17, 15) is 4.79 Å². The van der Waals surface area contributed by atoms with Crippen LogP contribution in [0.15, 0.2) is 16.6 Å². The molecule has 100 valence electrons. The molecule has 0 bridgehead atoms. The van der Waals surface area contributed by atoms with E-state index < -0.39 is 6.09 Å². The van der Waals surface area contributed by atoms with Gasteiger partial charge in [-0.15, -0.1) is 0 Å². The zero-order valence-electron chi connectivity index (χ0n) is 9.58. The summed E-state index contributed by atoms with van der Waals surface area (Å²) in [5.74, 6) is 0. The van der Waals surface area contributed by atoms with Crippen molar-refractivity contribution in [1.82, 2.24) is 9.88 Å². The monoisotopic (exact) mass is 362 g/mol. The first-order valence-corrected chi connectivity index (χ1v) is 7.20. The second-order valence-electron chi connectivity index (χ2n) is 4.43. The quantitative estimate of drug-likeness (QED) is 0.736. The predicted molar refractivity (Wildman–Crippen MR) is 78.2 cm³/mol. The topological polar surface area (TPSA) is 54.3 Å². The molecule has 1 aromatic carbocycles. The van der Waals surface area contributed by atoms with E-state index in [0.29, 0.717) is 10.0 Å². The third-order valence-corrected chi connectivity index (χ3v) is 4.72. The first kappa shape index (κ1) is 13.1. The normalized spacial score (nSPS) is 17.7. The third kappa shape index (κ3) is 2.00. The summed E-state index contributed by atoms with van der Waals surface area (Å²) in [4.78, 5) is 10.8. The average molecular weight is 364 g/mol. The summed E-state index contributed by atoms with van der Waals surface area (Å²) in [5, 5.41) is 13.2. The van der Waals surface area contributed by atoms with Crippen LogP contribution in [0.3, 0.4) is 0 Å². The van der Waals surface area contributed by atoms with Gasteiger partial charge in [-0.1, -0.05) is 23.2 Å². The number of carbonyl (C=O) groups is 1. The maximum absolute atomic E-state index is 10.8. The van der Waals surface area contributed by atoms with Crippen molar-refractivity contribution in [3.8, 4) is 0 Å². The highest BCUT2D eigenvalue weighted by atomic mass is 79.9. The molecule has 0 spiro atoms. The van der Waals surface area contributed by atoms with Crippen molar-refractivity contribution >= 4 is 56.1 Å². The molecule has 0 aliphatic carbocycles. The van der Waals surface area contributed by atoms with E-state index in [1.807, 2.05) is 10.6 Å². The van der Waals surface area contributed by atoms with Gasteiger partial charge in [0, 0.05) is 15.6 Å². The zero-order valence-corrected chi connectivity index (χ0v) is 12.7. The Bertz CT molecular complexity index is 699. The molecule has 3 rings (SSSR count). The number of fused-ring (bicyclic) bond motifs is 3. The lowest BCUT2D eigenvalue weighted by Gasteiger charge is -2.16. The van der Waals surface area contributed by atoms with Crippen molar-refractivity contribution in [2.45, 2.75) is 19.0 Å². The lowest BCUT2D eigenvalue weighted by atomic mass is 10.2. The van der Waals surface area contributed by atoms with Gasteiger partial charge in [0.2, 0.25) is 0 Å². The molecule has 4 nitrogen and oxygen atoms in total. The van der Waals surface area contributed by atoms with Gasteiger partial charge in [0.15, 0.2) is 0 Å². The summed E-state index contributed by atoms with van der Waals surface area (Å²) in [7, 11) is 0. The molecule has 2 heterocycles. The second kappa shape index (κ2) is 4.58. The van der Waals surface area contributed by atoms with Gasteiger partial charge in [-0.2, -0.15) is 0 Å². The van der Waals surface area contributed by atoms with Crippen LogP contribution >= 0.6 is 39.1 Å². The minimum atomic E-state index is -1.03. The largest absolute Gasteiger partial charge is 0.465 e. The molecule has 19 heavy (non-hydrogen) atoms. The molecule has 1 aromatic heterocycles. The van der Waals surface area contributed by atoms with Crippen molar-refractivity contribution in [3.05, 3.63) is 32.3 Å². The molecule has 1 aliphatic rings. The van der Waals surface area contributed by atoms with Crippen molar-refractivity contribution in [2.75, 3.05) is 0 Å². The Morgan fingerprint density at radius 2 is 2.21 bits per heavy atom. The Kier molecular flexibility index (Phi) is 3.15. The Labute approximate surface area is 127 Å². The van der Waals surface area contributed by atoms with E-state index in [0.717, 1.165) is 33.9 Å². The fourth-order valence-electron chi connectivity index (χ4n) is 2.60. The molecular formula is C12H9BrCl2N2O2. The minimum absolute atomic E-state index is 0.265. The van der Waals surface area contributed by atoms with E-state index in [-0.39, 0.29) is 6.17 Å². The fraction of sp³-hybridized carbons (Fsp3) is 0.250. The summed E-state index contributed by atoms with van der Waals surface area (Å²) in [5.41, 5.74) is 1.93. The molecule has 1 aliphatic heterocycles. The highest BCUT2D eigenvalue weighted by molar-refractivity contribution is 9.10. The van der Waals surface area contributed by atoms with Crippen LogP contribution in [0.1, 0.15) is 18.3 Å². The van der Waals surface area contributed by atoms with Crippen LogP contribution < -0.4 is 5.32 Å². The van der Waals surface area contributed by atoms with Crippen LogP contribution in [0, 0.1) is 0 Å². The van der Waals surface area contributed by atoms with E-state index in [1.165, 1.54) is 0 Å². The van der Waals surface area contributed by atoms with E-state index >= 15 is 0 Å². The molecule has 0 radical (unpaired) electrons. The molecule has 7 heteroatoms. The zero-order chi connectivity index (χ0) is 13.7. The number of aromatic nitrogens is 1. The maximum Gasteiger partial charge on any atom is 0.406 e. The molecular weight excluding hydrogens is 355 g/mol. The van der Waals surface area contributed by atoms with Crippen LogP contribution in [0.2, 0.25) is 10.0 Å². The van der Waals surface area contributed by atoms with E-state index in [2.05, 4.69) is 21.2 Å². The molecule has 2 aromatic rings. The number of hydrogen-bond acceptors (Lipinski definition) is 1. The molecule has 1 unspecified atom stereocenters. The first-order valence-electron chi connectivity index (χ1n) is 5.66. The van der Waals surface area contributed by atoms with Crippen molar-refractivity contribution in [3.63, 3.8) is 0 Å². The highest BCUT2D eigenvalue weighted by Crippen LogP contribution is 2.41. The highest BCUT2D eigenvalue weighted by Gasteiger charge is 2.27. The van der Waals surface area contributed by atoms with Crippen molar-refractivity contribution < 1.29 is 9.90 Å². The number of benzene rings is 1. The number of hydrogen-bond donors (Lipinski definition) is 2. The lowest BCUT2D eigenvalue weighted by Crippen LogP contribution is -2.28. The number of nitrogens with zero attached hydrogens (tertiary/aromatic N) is 1. The maximum atomic E-state index is 10.8. The van der Waals surface area contributed by atoms with Crippen molar-refractivity contribution in [1.29, 1.82) is 0 Å². The summed E-state index contributed by atoms with van der Waals surface area (Å²) in [6.45, 7) is 0. The van der Waals surface area contributed by atoms with Gasteiger partial charge in [0.1, 0.15) is 6.17 Å². The van der Waals surface area contributed by atoms with Gasteiger partial charge in [0.25, 0.3) is 0 Å². The van der Waals surface area contributed by atoms with E-state index in [1.54, 1.807) is 6.07 Å². The molecule has 0 saturated heterocycles. The Balaban J connectivity index is 2.25. The van der Waals surface area contributed by atoms with Gasteiger partial charge in [0.05, 0.1) is 15.6 Å². The van der Waals surface area contributed by atoms with Gasteiger partial charge in [-0.3, -0.25) is 0 Å². The average Bonchev–Trinajstić information content (AvgIpc) is 2.86. The molecule has 0 saturated carbocycles. The molecule has 1 atom stereocenters. The second-order valence-corrected chi connectivity index (χ2v) is 6.07. The molecule has 0 fully saturated rings. The number of aryl methyl sites for hydroxylation is 1. The fourth-order valence-corrected chi connectivity index (χ4v) is 3.78. The summed E-state index contributed by atoms with van der Waals surface area (Å²) >= 11 is 15.7. The minimum Gasteiger partial charge on any atom is -0.465 e. The van der Waals surface area contributed by atoms with Crippen LogP contribution in [0.4, 0.5) is 4.79 Å². The van der Waals surface area contributed by atoms with E-state index in [4.69, 9.17) is 28.3 Å². The molecule has 1 amide bonds.